The molecule has 1 fully saturated rings. The highest BCUT2D eigenvalue weighted by atomic mass is 19.3. The number of aryl methyl sites for hydroxylation is 1. The van der Waals surface area contributed by atoms with Crippen molar-refractivity contribution in [1.82, 2.24) is 14.5 Å². The number of hydrogen-bond acceptors (Lipinski definition) is 4. The van der Waals surface area contributed by atoms with E-state index in [9.17, 15) is 18.4 Å². The predicted molar refractivity (Wildman–Crippen MR) is 116 cm³/mol. The molecule has 9 heteroatoms. The monoisotopic (exact) mass is 443 g/mol. The van der Waals surface area contributed by atoms with Crippen molar-refractivity contribution in [2.24, 2.45) is 0 Å². The van der Waals surface area contributed by atoms with E-state index in [4.69, 9.17) is 4.74 Å². The Morgan fingerprint density at radius 1 is 1.28 bits per heavy atom. The molecule has 4 rings (SSSR count). The lowest BCUT2D eigenvalue weighted by Gasteiger charge is -2.27. The number of aromatic amines is 1. The van der Waals surface area contributed by atoms with Crippen molar-refractivity contribution in [2.45, 2.75) is 19.6 Å². The minimum atomic E-state index is -3.04. The van der Waals surface area contributed by atoms with E-state index in [-0.39, 0.29) is 22.8 Å². The number of rotatable bonds is 7. The third-order valence-electron chi connectivity index (χ3n) is 5.36. The van der Waals surface area contributed by atoms with E-state index in [0.717, 1.165) is 0 Å². The van der Waals surface area contributed by atoms with Crippen molar-refractivity contribution in [3.8, 4) is 16.9 Å². The zero-order chi connectivity index (χ0) is 22.7. The number of carbonyl (C=O) groups is 1. The zero-order valence-electron chi connectivity index (χ0n) is 17.4. The Morgan fingerprint density at radius 2 is 2.06 bits per heavy atom. The second-order valence-electron chi connectivity index (χ2n) is 7.41. The highest BCUT2D eigenvalue weighted by Crippen LogP contribution is 2.32. The van der Waals surface area contributed by atoms with E-state index >= 15 is 0 Å². The van der Waals surface area contributed by atoms with Gasteiger partial charge in [-0.3, -0.25) is 9.59 Å². The number of H-pyrrole nitrogens is 1. The molecule has 1 N–H and O–H groups in total. The fourth-order valence-corrected chi connectivity index (χ4v) is 3.82. The number of pyridine rings is 1. The van der Waals surface area contributed by atoms with Gasteiger partial charge in [-0.05, 0) is 36.2 Å². The normalized spacial score (nSPS) is 14.2. The van der Waals surface area contributed by atoms with Crippen LogP contribution in [0.3, 0.4) is 0 Å². The highest BCUT2D eigenvalue weighted by Gasteiger charge is 2.22. The maximum atomic E-state index is 13.1. The quantitative estimate of drug-likeness (QED) is 0.566. The fourth-order valence-electron chi connectivity index (χ4n) is 3.82. The number of amides is 1. The second kappa shape index (κ2) is 9.35. The van der Waals surface area contributed by atoms with Crippen LogP contribution >= 0.6 is 0 Å². The van der Waals surface area contributed by atoms with Crippen LogP contribution in [-0.2, 0) is 11.3 Å². The van der Waals surface area contributed by atoms with Crippen LogP contribution in [0.4, 0.5) is 8.78 Å². The number of ether oxygens (including phenoxy) is 2. The first-order valence-corrected chi connectivity index (χ1v) is 10.3. The molecule has 168 valence electrons. The largest absolute Gasteiger partial charge is 0.435 e. The number of aromatic nitrogens is 2. The van der Waals surface area contributed by atoms with Gasteiger partial charge in [0.2, 0.25) is 0 Å². The molecule has 0 bridgehead atoms. The Labute approximate surface area is 182 Å². The van der Waals surface area contributed by atoms with Gasteiger partial charge >= 0.3 is 6.61 Å². The minimum Gasteiger partial charge on any atom is -0.435 e. The lowest BCUT2D eigenvalue weighted by molar-refractivity contribution is -0.0498. The SMILES string of the molecule is C=CCCn1cc(-c2cc(OC(F)F)cc(C(=O)N3CCOCC3)c2)c2cc[nH]c2c1=O. The predicted octanol–water partition coefficient (Wildman–Crippen LogP) is 3.65. The number of halogens is 2. The number of benzene rings is 1. The first-order valence-electron chi connectivity index (χ1n) is 10.3. The molecule has 0 aliphatic carbocycles. The third-order valence-corrected chi connectivity index (χ3v) is 5.36. The molecule has 0 unspecified atom stereocenters. The molecule has 0 saturated carbocycles. The van der Waals surface area contributed by atoms with Gasteiger partial charge in [-0.2, -0.15) is 8.78 Å². The fraction of sp³-hybridized carbons (Fsp3) is 0.304. The molecule has 3 aromatic rings. The standard InChI is InChI=1S/C23H23F2N3O4/c1-2-3-6-28-14-19(18-4-5-26-20(18)22(28)30)15-11-16(13-17(12-15)32-23(24)25)21(29)27-7-9-31-10-8-27/h2,4-5,11-14,23,26H,1,3,6-10H2. The van der Waals surface area contributed by atoms with E-state index in [1.165, 1.54) is 12.1 Å². The summed E-state index contributed by atoms with van der Waals surface area (Å²) >= 11 is 0. The van der Waals surface area contributed by atoms with Crippen LogP contribution in [0.5, 0.6) is 5.75 Å². The number of carbonyl (C=O) groups excluding carboxylic acids is 1. The van der Waals surface area contributed by atoms with Crippen LogP contribution in [0.1, 0.15) is 16.8 Å². The van der Waals surface area contributed by atoms with Crippen molar-refractivity contribution in [3.05, 3.63) is 65.2 Å². The molecule has 1 aromatic carbocycles. The average Bonchev–Trinajstić information content (AvgIpc) is 3.28. The molecule has 32 heavy (non-hydrogen) atoms. The van der Waals surface area contributed by atoms with Crippen LogP contribution in [0, 0.1) is 0 Å². The zero-order valence-corrected chi connectivity index (χ0v) is 17.4. The minimum absolute atomic E-state index is 0.123. The van der Waals surface area contributed by atoms with Crippen LogP contribution in [0.25, 0.3) is 22.0 Å². The number of morpholine rings is 1. The Morgan fingerprint density at radius 3 is 2.78 bits per heavy atom. The highest BCUT2D eigenvalue weighted by molar-refractivity contribution is 5.99. The van der Waals surface area contributed by atoms with Gasteiger partial charge in [-0.15, -0.1) is 6.58 Å². The summed E-state index contributed by atoms with van der Waals surface area (Å²) < 4.78 is 37.5. The molecule has 1 aliphatic rings. The molecule has 1 saturated heterocycles. The third kappa shape index (κ3) is 4.43. The van der Waals surface area contributed by atoms with Gasteiger partial charge in [0.1, 0.15) is 11.3 Å². The number of fused-ring (bicyclic) bond motifs is 1. The summed E-state index contributed by atoms with van der Waals surface area (Å²) in [5, 5.41) is 0.629. The number of nitrogens with zero attached hydrogens (tertiary/aromatic N) is 2. The van der Waals surface area contributed by atoms with E-state index in [1.807, 2.05) is 0 Å². The van der Waals surface area contributed by atoms with Gasteiger partial charge in [0.25, 0.3) is 11.5 Å². The Balaban J connectivity index is 1.85. The van der Waals surface area contributed by atoms with Gasteiger partial charge < -0.3 is 23.9 Å². The second-order valence-corrected chi connectivity index (χ2v) is 7.41. The van der Waals surface area contributed by atoms with Crippen LogP contribution in [0.15, 0.2) is 54.1 Å². The van der Waals surface area contributed by atoms with Crippen LogP contribution in [-0.4, -0.2) is 53.3 Å². The summed E-state index contributed by atoms with van der Waals surface area (Å²) in [5.41, 5.74) is 1.55. The molecule has 3 heterocycles. The first kappa shape index (κ1) is 21.8. The number of hydrogen-bond donors (Lipinski definition) is 1. The van der Waals surface area contributed by atoms with Crippen LogP contribution < -0.4 is 10.3 Å². The summed E-state index contributed by atoms with van der Waals surface area (Å²) in [6, 6.07) is 6.15. The lowest BCUT2D eigenvalue weighted by Crippen LogP contribution is -2.40. The summed E-state index contributed by atoms with van der Waals surface area (Å²) in [7, 11) is 0. The molecule has 0 atom stereocenters. The summed E-state index contributed by atoms with van der Waals surface area (Å²) in [4.78, 5) is 30.4. The molecular formula is C23H23F2N3O4. The molecule has 2 aromatic heterocycles. The van der Waals surface area contributed by atoms with Gasteiger partial charge in [0, 0.05) is 48.5 Å². The maximum Gasteiger partial charge on any atom is 0.387 e. The van der Waals surface area contributed by atoms with Gasteiger partial charge in [0.15, 0.2) is 0 Å². The molecule has 0 spiro atoms. The molecule has 1 aliphatic heterocycles. The smallest absolute Gasteiger partial charge is 0.387 e. The van der Waals surface area contributed by atoms with E-state index in [2.05, 4.69) is 16.3 Å². The Kier molecular flexibility index (Phi) is 6.36. The van der Waals surface area contributed by atoms with Crippen molar-refractivity contribution in [2.75, 3.05) is 26.3 Å². The van der Waals surface area contributed by atoms with Gasteiger partial charge in [0.05, 0.1) is 13.2 Å². The van der Waals surface area contributed by atoms with Gasteiger partial charge in [-0.25, -0.2) is 0 Å². The van der Waals surface area contributed by atoms with E-state index in [0.29, 0.717) is 61.3 Å². The Hall–Kier alpha value is -3.46. The summed E-state index contributed by atoms with van der Waals surface area (Å²) in [5.74, 6) is -0.416. The molecule has 7 nitrogen and oxygen atoms in total. The number of alkyl halides is 2. The van der Waals surface area contributed by atoms with Crippen molar-refractivity contribution >= 4 is 16.8 Å². The number of allylic oxidation sites excluding steroid dienone is 1. The lowest BCUT2D eigenvalue weighted by atomic mass is 10.00. The Bertz CT molecular complexity index is 1200. The van der Waals surface area contributed by atoms with Crippen molar-refractivity contribution in [3.63, 3.8) is 0 Å². The molecular weight excluding hydrogens is 420 g/mol. The molecule has 1 amide bonds. The molecule has 0 radical (unpaired) electrons. The average molecular weight is 443 g/mol. The topological polar surface area (TPSA) is 76.6 Å². The van der Waals surface area contributed by atoms with Crippen molar-refractivity contribution in [1.29, 1.82) is 0 Å². The summed E-state index contributed by atoms with van der Waals surface area (Å²) in [6.45, 7) is 2.75. The first-order chi connectivity index (χ1) is 15.5. The van der Waals surface area contributed by atoms with Crippen molar-refractivity contribution < 1.29 is 23.0 Å². The number of nitrogens with one attached hydrogen (secondary N) is 1. The summed E-state index contributed by atoms with van der Waals surface area (Å²) in [6.07, 6.45) is 5.61. The van der Waals surface area contributed by atoms with Gasteiger partial charge in [-0.1, -0.05) is 6.08 Å². The van der Waals surface area contributed by atoms with Crippen LogP contribution in [0.2, 0.25) is 0 Å². The van der Waals surface area contributed by atoms with E-state index in [1.54, 1.807) is 40.1 Å². The van der Waals surface area contributed by atoms with E-state index < -0.39 is 6.61 Å². The maximum absolute atomic E-state index is 13.1.